The van der Waals surface area contributed by atoms with Crippen LogP contribution in [0.1, 0.15) is 11.1 Å². The quantitative estimate of drug-likeness (QED) is 0.245. The molecule has 7 heteroatoms. The molecule has 3 rings (SSSR count). The molecule has 128 valence electrons. The highest BCUT2D eigenvalue weighted by molar-refractivity contribution is 7.80. The molecule has 0 aliphatic rings. The first-order valence-corrected chi connectivity index (χ1v) is 8.13. The summed E-state index contributed by atoms with van der Waals surface area (Å²) in [6, 6.07) is 16.2. The van der Waals surface area contributed by atoms with Gasteiger partial charge in [-0.1, -0.05) is 42.5 Å². The molecule has 0 aliphatic carbocycles. The van der Waals surface area contributed by atoms with Crippen molar-refractivity contribution in [3.63, 3.8) is 0 Å². The Kier molecular flexibility index (Phi) is 4.78. The van der Waals surface area contributed by atoms with Crippen molar-refractivity contribution < 1.29 is 4.92 Å². The van der Waals surface area contributed by atoms with Gasteiger partial charge < -0.3 is 10.3 Å². The number of nitrogens with two attached hydrogens (primary N) is 1. The predicted molar refractivity (Wildman–Crippen MR) is 105 cm³/mol. The maximum atomic E-state index is 10.8. The van der Waals surface area contributed by atoms with Gasteiger partial charge in [-0.05, 0) is 17.7 Å². The smallest absolute Gasteiger partial charge is 0.269 e. The van der Waals surface area contributed by atoms with Crippen molar-refractivity contribution in [2.45, 2.75) is 6.54 Å². The molecule has 3 aromatic rings. The van der Waals surface area contributed by atoms with Crippen molar-refractivity contribution in [2.75, 3.05) is 0 Å². The molecule has 0 spiro atoms. The minimum Gasteiger partial charge on any atom is -0.389 e. The summed E-state index contributed by atoms with van der Waals surface area (Å²) >= 11 is 4.91. The summed E-state index contributed by atoms with van der Waals surface area (Å²) in [6.07, 6.45) is 3.60. The second-order valence-corrected chi connectivity index (χ2v) is 6.13. The molecule has 6 nitrogen and oxygen atoms in total. The highest BCUT2D eigenvalue weighted by Gasteiger charge is 2.10. The van der Waals surface area contributed by atoms with Crippen LogP contribution in [0.15, 0.2) is 60.3 Å². The van der Waals surface area contributed by atoms with E-state index in [2.05, 4.69) is 0 Å². The monoisotopic (exact) mass is 362 g/mol. The fourth-order valence-electron chi connectivity index (χ4n) is 2.75. The number of hydrogen-bond acceptors (Lipinski definition) is 4. The number of nitriles is 1. The number of nitro groups is 1. The summed E-state index contributed by atoms with van der Waals surface area (Å²) in [5.74, 6) is 0. The van der Waals surface area contributed by atoms with Crippen molar-refractivity contribution in [3.05, 3.63) is 81.5 Å². The molecule has 2 N–H and O–H groups in total. The number of nitrogens with zero attached hydrogens (tertiary/aromatic N) is 3. The van der Waals surface area contributed by atoms with Gasteiger partial charge >= 0.3 is 0 Å². The van der Waals surface area contributed by atoms with Gasteiger partial charge in [-0.3, -0.25) is 10.1 Å². The van der Waals surface area contributed by atoms with Crippen molar-refractivity contribution in [2.24, 2.45) is 5.73 Å². The highest BCUT2D eigenvalue weighted by atomic mass is 32.1. The van der Waals surface area contributed by atoms with Gasteiger partial charge in [-0.15, -0.1) is 0 Å². The second-order valence-electron chi connectivity index (χ2n) is 5.69. The van der Waals surface area contributed by atoms with E-state index in [1.165, 1.54) is 12.1 Å². The van der Waals surface area contributed by atoms with Crippen molar-refractivity contribution in [1.82, 2.24) is 4.57 Å². The minimum absolute atomic E-state index is 0.0553. The molecular weight excluding hydrogens is 348 g/mol. The van der Waals surface area contributed by atoms with Crippen LogP contribution >= 0.6 is 12.2 Å². The summed E-state index contributed by atoms with van der Waals surface area (Å²) in [5.41, 5.74) is 8.65. The Labute approximate surface area is 154 Å². The molecule has 0 saturated heterocycles. The van der Waals surface area contributed by atoms with Crippen LogP contribution < -0.4 is 5.73 Å². The molecule has 0 fully saturated rings. The van der Waals surface area contributed by atoms with E-state index in [0.29, 0.717) is 6.54 Å². The molecule has 0 bridgehead atoms. The first-order chi connectivity index (χ1) is 12.5. The van der Waals surface area contributed by atoms with Crippen molar-refractivity contribution in [1.29, 1.82) is 5.26 Å². The number of para-hydroxylation sites is 1. The maximum Gasteiger partial charge on any atom is 0.269 e. The zero-order chi connectivity index (χ0) is 18.7. The molecule has 0 aliphatic heterocycles. The average molecular weight is 362 g/mol. The van der Waals surface area contributed by atoms with Gasteiger partial charge in [0.15, 0.2) is 0 Å². The predicted octanol–water partition coefficient (Wildman–Crippen LogP) is 3.79. The summed E-state index contributed by atoms with van der Waals surface area (Å²) in [5, 5.41) is 20.9. The van der Waals surface area contributed by atoms with Gasteiger partial charge in [-0.2, -0.15) is 5.26 Å². The van der Waals surface area contributed by atoms with E-state index < -0.39 is 4.92 Å². The second kappa shape index (κ2) is 7.17. The van der Waals surface area contributed by atoms with Crippen LogP contribution in [-0.4, -0.2) is 14.5 Å². The Morgan fingerprint density at radius 3 is 2.58 bits per heavy atom. The number of aromatic nitrogens is 1. The number of rotatable bonds is 5. The van der Waals surface area contributed by atoms with Crippen LogP contribution in [0, 0.1) is 21.4 Å². The third kappa shape index (κ3) is 3.45. The molecule has 0 unspecified atom stereocenters. The molecule has 2 aromatic carbocycles. The lowest BCUT2D eigenvalue weighted by atomic mass is 10.1. The number of hydrogen-bond donors (Lipinski definition) is 1. The Morgan fingerprint density at radius 2 is 1.96 bits per heavy atom. The van der Waals surface area contributed by atoms with E-state index in [1.807, 2.05) is 41.1 Å². The molecule has 0 saturated carbocycles. The summed E-state index contributed by atoms with van der Waals surface area (Å²) < 4.78 is 2.02. The Morgan fingerprint density at radius 1 is 1.27 bits per heavy atom. The van der Waals surface area contributed by atoms with Crippen LogP contribution in [0.2, 0.25) is 0 Å². The van der Waals surface area contributed by atoms with Gasteiger partial charge in [0.05, 0.1) is 10.5 Å². The Hall–Kier alpha value is -3.50. The molecular formula is C19H14N4O2S. The van der Waals surface area contributed by atoms with Gasteiger partial charge in [0.1, 0.15) is 11.1 Å². The van der Waals surface area contributed by atoms with Crippen LogP contribution in [0.3, 0.4) is 0 Å². The van der Waals surface area contributed by atoms with Crippen molar-refractivity contribution >= 4 is 39.9 Å². The van der Waals surface area contributed by atoms with E-state index >= 15 is 0 Å². The largest absolute Gasteiger partial charge is 0.389 e. The van der Waals surface area contributed by atoms with E-state index in [-0.39, 0.29) is 16.2 Å². The first kappa shape index (κ1) is 17.3. The lowest BCUT2D eigenvalue weighted by molar-refractivity contribution is -0.384. The molecule has 0 radical (unpaired) electrons. The molecule has 0 atom stereocenters. The third-order valence-corrected chi connectivity index (χ3v) is 4.23. The number of fused-ring (bicyclic) bond motifs is 1. The van der Waals surface area contributed by atoms with Crippen molar-refractivity contribution in [3.8, 4) is 6.07 Å². The number of nitro benzene ring substituents is 1. The van der Waals surface area contributed by atoms with Gasteiger partial charge in [0.25, 0.3) is 5.69 Å². The zero-order valence-electron chi connectivity index (χ0n) is 13.6. The van der Waals surface area contributed by atoms with E-state index in [4.69, 9.17) is 18.0 Å². The SMILES string of the molecule is N#C/C(=C\c1cn(Cc2ccc([N+](=O)[O-])cc2)c2ccccc12)C(N)=S. The first-order valence-electron chi connectivity index (χ1n) is 7.72. The number of thiocarbonyl (C=S) groups is 1. The fraction of sp³-hybridized carbons (Fsp3) is 0.0526. The fourth-order valence-corrected chi connectivity index (χ4v) is 2.86. The van der Waals surface area contributed by atoms with Gasteiger partial charge in [-0.25, -0.2) is 0 Å². The molecule has 1 heterocycles. The lowest BCUT2D eigenvalue weighted by Gasteiger charge is -2.05. The normalized spacial score (nSPS) is 11.3. The van der Waals surface area contributed by atoms with E-state index in [9.17, 15) is 15.4 Å². The minimum atomic E-state index is -0.420. The zero-order valence-corrected chi connectivity index (χ0v) is 14.4. The average Bonchev–Trinajstić information content (AvgIpc) is 2.97. The summed E-state index contributed by atoms with van der Waals surface area (Å²) in [6.45, 7) is 0.543. The van der Waals surface area contributed by atoms with Gasteiger partial charge in [0.2, 0.25) is 0 Å². The summed E-state index contributed by atoms with van der Waals surface area (Å²) in [4.78, 5) is 10.4. The topological polar surface area (TPSA) is 97.9 Å². The Balaban J connectivity index is 2.03. The summed E-state index contributed by atoms with van der Waals surface area (Å²) in [7, 11) is 0. The number of benzene rings is 2. The van der Waals surface area contributed by atoms with Crippen LogP contribution in [-0.2, 0) is 6.54 Å². The van der Waals surface area contributed by atoms with Gasteiger partial charge in [0, 0.05) is 41.3 Å². The van der Waals surface area contributed by atoms with E-state index in [1.54, 1.807) is 18.2 Å². The molecule has 1 aromatic heterocycles. The third-order valence-electron chi connectivity index (χ3n) is 4.01. The maximum absolute atomic E-state index is 10.8. The van der Waals surface area contributed by atoms with Crippen LogP contribution in [0.4, 0.5) is 5.69 Å². The standard InChI is InChI=1S/C19H14N4O2S/c20-10-14(19(21)26)9-15-12-22(18-4-2-1-3-17(15)18)11-13-5-7-16(8-6-13)23(24)25/h1-9,12H,11H2,(H2,21,26)/b14-9+. The number of non-ortho nitro benzene ring substituents is 1. The molecule has 26 heavy (non-hydrogen) atoms. The lowest BCUT2D eigenvalue weighted by Crippen LogP contribution is -2.09. The Bertz CT molecular complexity index is 1080. The molecule has 0 amide bonds. The van der Waals surface area contributed by atoms with Crippen LogP contribution in [0.5, 0.6) is 0 Å². The van der Waals surface area contributed by atoms with E-state index in [0.717, 1.165) is 22.0 Å². The highest BCUT2D eigenvalue weighted by Crippen LogP contribution is 2.25. The van der Waals surface area contributed by atoms with Crippen LogP contribution in [0.25, 0.3) is 17.0 Å².